The fraction of sp³-hybridized carbons (Fsp3) is 0.471. The van der Waals surface area contributed by atoms with Gasteiger partial charge in [-0.05, 0) is 38.9 Å². The topological polar surface area (TPSA) is 97.1 Å². The number of para-hydroxylation sites is 1. The van der Waals surface area contributed by atoms with Crippen molar-refractivity contribution >= 4 is 46.4 Å². The van der Waals surface area contributed by atoms with E-state index in [4.69, 9.17) is 34.8 Å². The molecule has 0 spiro atoms. The number of nitrogens with one attached hydrogen (secondary N) is 1. The zero-order chi connectivity index (χ0) is 20.3. The summed E-state index contributed by atoms with van der Waals surface area (Å²) in [6.07, 6.45) is 3.24. The Bertz CT molecular complexity index is 861. The summed E-state index contributed by atoms with van der Waals surface area (Å²) in [4.78, 5) is 25.8. The minimum Gasteiger partial charge on any atom is -0.354 e. The first-order valence-corrected chi connectivity index (χ1v) is 9.90. The number of nitro groups is 1. The average molecular weight is 446 g/mol. The molecular formula is C17H19Cl3N6O2. The number of halogens is 3. The van der Waals surface area contributed by atoms with Crippen molar-refractivity contribution < 1.29 is 4.92 Å². The van der Waals surface area contributed by atoms with Crippen molar-refractivity contribution in [1.29, 1.82) is 0 Å². The first-order chi connectivity index (χ1) is 13.3. The van der Waals surface area contributed by atoms with Crippen molar-refractivity contribution in [3.8, 4) is 11.4 Å². The lowest BCUT2D eigenvalue weighted by Crippen LogP contribution is -2.27. The first-order valence-electron chi connectivity index (χ1n) is 8.77. The van der Waals surface area contributed by atoms with E-state index in [2.05, 4.69) is 32.2 Å². The van der Waals surface area contributed by atoms with Crippen LogP contribution in [0, 0.1) is 10.1 Å². The highest BCUT2D eigenvalue weighted by atomic mass is 35.6. The van der Waals surface area contributed by atoms with E-state index in [-0.39, 0.29) is 28.8 Å². The van der Waals surface area contributed by atoms with Crippen LogP contribution in [0.2, 0.25) is 0 Å². The van der Waals surface area contributed by atoms with Crippen molar-refractivity contribution in [3.05, 3.63) is 40.2 Å². The van der Waals surface area contributed by atoms with Crippen LogP contribution in [0.5, 0.6) is 0 Å². The third kappa shape index (κ3) is 5.00. The predicted molar refractivity (Wildman–Crippen MR) is 110 cm³/mol. The first kappa shape index (κ1) is 21.0. The Hall–Kier alpha value is -1.74. The zero-order valence-corrected chi connectivity index (χ0v) is 17.4. The van der Waals surface area contributed by atoms with Gasteiger partial charge in [0.2, 0.25) is 9.74 Å². The summed E-state index contributed by atoms with van der Waals surface area (Å²) in [6.45, 7) is 1.71. The lowest BCUT2D eigenvalue weighted by molar-refractivity contribution is -0.384. The van der Waals surface area contributed by atoms with Gasteiger partial charge in [-0.25, -0.2) is 4.98 Å². The molecule has 0 radical (unpaired) electrons. The summed E-state index contributed by atoms with van der Waals surface area (Å²) < 4.78 is -1.89. The third-order valence-corrected chi connectivity index (χ3v) is 5.17. The summed E-state index contributed by atoms with van der Waals surface area (Å²) in [6, 6.07) is 6.64. The van der Waals surface area contributed by atoms with Crippen LogP contribution in [0.25, 0.3) is 11.4 Å². The highest BCUT2D eigenvalue weighted by molar-refractivity contribution is 6.66. The van der Waals surface area contributed by atoms with Gasteiger partial charge >= 0.3 is 0 Å². The van der Waals surface area contributed by atoms with E-state index >= 15 is 0 Å². The standard InChI is InChI=1S/C17H19Cl3N6O2/c1-25-10-4-5-11(25)8-9-21-16-23-14(22-15(24-16)17(18,19)20)12-6-2-3-7-13(12)26(27)28/h2-3,6-7,11H,4-5,8-10H2,1H3,(H,21,22,23,24). The van der Waals surface area contributed by atoms with Crippen molar-refractivity contribution in [3.63, 3.8) is 0 Å². The maximum absolute atomic E-state index is 11.3. The minimum absolute atomic E-state index is 0.0732. The number of nitrogens with zero attached hydrogens (tertiary/aromatic N) is 5. The van der Waals surface area contributed by atoms with E-state index in [1.54, 1.807) is 18.2 Å². The van der Waals surface area contributed by atoms with Crippen molar-refractivity contribution in [2.75, 3.05) is 25.5 Å². The largest absolute Gasteiger partial charge is 0.354 e. The second kappa shape index (κ2) is 8.73. The predicted octanol–water partition coefficient (Wildman–Crippen LogP) is 4.17. The molecule has 1 aromatic carbocycles. The zero-order valence-electron chi connectivity index (χ0n) is 15.1. The van der Waals surface area contributed by atoms with Gasteiger partial charge in [-0.3, -0.25) is 10.1 Å². The second-order valence-corrected chi connectivity index (χ2v) is 8.85. The molecule has 2 aromatic rings. The van der Waals surface area contributed by atoms with Crippen LogP contribution in [-0.4, -0.2) is 51.0 Å². The van der Waals surface area contributed by atoms with Gasteiger partial charge in [0.25, 0.3) is 5.69 Å². The molecule has 0 aliphatic carbocycles. The van der Waals surface area contributed by atoms with E-state index < -0.39 is 8.72 Å². The number of alkyl halides is 3. The van der Waals surface area contributed by atoms with Gasteiger partial charge in [-0.15, -0.1) is 0 Å². The van der Waals surface area contributed by atoms with Crippen molar-refractivity contribution in [1.82, 2.24) is 19.9 Å². The summed E-state index contributed by atoms with van der Waals surface area (Å²) >= 11 is 17.9. The number of rotatable bonds is 6. The number of nitro benzene ring substituents is 1. The molecular weight excluding hydrogens is 427 g/mol. The number of likely N-dealkylation sites (tertiary alicyclic amines) is 1. The molecule has 1 atom stereocenters. The van der Waals surface area contributed by atoms with Gasteiger partial charge in [0.15, 0.2) is 11.6 Å². The lowest BCUT2D eigenvalue weighted by Gasteiger charge is -2.19. The van der Waals surface area contributed by atoms with Gasteiger partial charge in [0.1, 0.15) is 0 Å². The van der Waals surface area contributed by atoms with E-state index in [1.807, 2.05) is 0 Å². The Kier molecular flexibility index (Phi) is 6.54. The monoisotopic (exact) mass is 444 g/mol. The summed E-state index contributed by atoms with van der Waals surface area (Å²) in [7, 11) is 2.11. The van der Waals surface area contributed by atoms with E-state index in [0.717, 1.165) is 19.4 Å². The molecule has 0 saturated carbocycles. The van der Waals surface area contributed by atoms with Gasteiger partial charge in [0.05, 0.1) is 10.5 Å². The van der Waals surface area contributed by atoms with E-state index in [9.17, 15) is 10.1 Å². The molecule has 1 aliphatic heterocycles. The van der Waals surface area contributed by atoms with Gasteiger partial charge in [-0.2, -0.15) is 9.97 Å². The molecule has 11 heteroatoms. The van der Waals surface area contributed by atoms with Gasteiger partial charge < -0.3 is 10.2 Å². The maximum Gasteiger partial charge on any atom is 0.280 e. The summed E-state index contributed by atoms with van der Waals surface area (Å²) in [5.41, 5.74) is 0.0893. The highest BCUT2D eigenvalue weighted by Gasteiger charge is 2.30. The third-order valence-electron chi connectivity index (χ3n) is 4.66. The lowest BCUT2D eigenvalue weighted by atomic mass is 10.1. The van der Waals surface area contributed by atoms with Crippen LogP contribution in [0.4, 0.5) is 11.6 Å². The molecule has 2 heterocycles. The number of benzene rings is 1. The van der Waals surface area contributed by atoms with Crippen LogP contribution in [0.3, 0.4) is 0 Å². The number of aromatic nitrogens is 3. The van der Waals surface area contributed by atoms with Gasteiger partial charge in [-0.1, -0.05) is 46.9 Å². The second-order valence-electron chi connectivity index (χ2n) is 6.57. The van der Waals surface area contributed by atoms with Crippen molar-refractivity contribution in [2.45, 2.75) is 29.1 Å². The molecule has 8 nitrogen and oxygen atoms in total. The van der Waals surface area contributed by atoms with Crippen molar-refractivity contribution in [2.24, 2.45) is 0 Å². The van der Waals surface area contributed by atoms with Crippen LogP contribution in [0.15, 0.2) is 24.3 Å². The molecule has 1 aromatic heterocycles. The normalized spacial score (nSPS) is 17.6. The Morgan fingerprint density at radius 3 is 2.68 bits per heavy atom. The average Bonchev–Trinajstić information content (AvgIpc) is 3.05. The molecule has 1 unspecified atom stereocenters. The van der Waals surface area contributed by atoms with Crippen LogP contribution < -0.4 is 5.32 Å². The molecule has 3 rings (SSSR count). The van der Waals surface area contributed by atoms with Crippen LogP contribution in [0.1, 0.15) is 25.1 Å². The fourth-order valence-electron chi connectivity index (χ4n) is 3.22. The maximum atomic E-state index is 11.3. The van der Waals surface area contributed by atoms with E-state index in [0.29, 0.717) is 12.6 Å². The quantitative estimate of drug-likeness (QED) is 0.405. The molecule has 0 bridgehead atoms. The summed E-state index contributed by atoms with van der Waals surface area (Å²) in [5, 5.41) is 14.5. The Morgan fingerprint density at radius 1 is 1.29 bits per heavy atom. The fourth-order valence-corrected chi connectivity index (χ4v) is 3.47. The molecule has 1 saturated heterocycles. The number of anilines is 1. The Labute approximate surface area is 177 Å². The smallest absolute Gasteiger partial charge is 0.280 e. The Balaban J connectivity index is 1.89. The van der Waals surface area contributed by atoms with Crippen LogP contribution >= 0.6 is 34.8 Å². The van der Waals surface area contributed by atoms with Crippen LogP contribution in [-0.2, 0) is 3.79 Å². The molecule has 1 N–H and O–H groups in total. The SMILES string of the molecule is CN1CCCC1CCNc1nc(-c2ccccc2[N+](=O)[O-])nc(C(Cl)(Cl)Cl)n1. The molecule has 28 heavy (non-hydrogen) atoms. The number of hydrogen-bond donors (Lipinski definition) is 1. The molecule has 1 fully saturated rings. The van der Waals surface area contributed by atoms with E-state index in [1.165, 1.54) is 12.5 Å². The highest BCUT2D eigenvalue weighted by Crippen LogP contribution is 2.37. The molecule has 1 aliphatic rings. The molecule has 0 amide bonds. The Morgan fingerprint density at radius 2 is 2.04 bits per heavy atom. The number of hydrogen-bond acceptors (Lipinski definition) is 7. The summed E-state index contributed by atoms with van der Waals surface area (Å²) in [5.74, 6) is 0.190. The minimum atomic E-state index is -1.89. The van der Waals surface area contributed by atoms with Gasteiger partial charge in [0, 0.05) is 18.7 Å². The molecule has 150 valence electrons.